The van der Waals surface area contributed by atoms with Crippen molar-refractivity contribution in [1.29, 1.82) is 0 Å². The first-order chi connectivity index (χ1) is 7.45. The van der Waals surface area contributed by atoms with E-state index < -0.39 is 0 Å². The van der Waals surface area contributed by atoms with E-state index in [0.717, 1.165) is 12.6 Å². The summed E-state index contributed by atoms with van der Waals surface area (Å²) in [4.78, 5) is 0. The van der Waals surface area contributed by atoms with Crippen LogP contribution in [-0.2, 0) is 0 Å². The molecule has 84 valence electrons. The first-order valence-electron chi connectivity index (χ1n) is 6.54. The third-order valence-corrected chi connectivity index (χ3v) is 3.23. The first-order valence-corrected chi connectivity index (χ1v) is 6.54. The van der Waals surface area contributed by atoms with E-state index in [1.807, 2.05) is 0 Å². The van der Waals surface area contributed by atoms with Gasteiger partial charge in [-0.15, -0.1) is 0 Å². The molecule has 0 bridgehead atoms. The van der Waals surface area contributed by atoms with E-state index in [1.54, 1.807) is 5.57 Å². The van der Waals surface area contributed by atoms with Gasteiger partial charge in [-0.1, -0.05) is 30.2 Å². The topological polar surface area (TPSA) is 12.0 Å². The van der Waals surface area contributed by atoms with Crippen molar-refractivity contribution in [2.45, 2.75) is 57.4 Å². The Kier molecular flexibility index (Phi) is 4.46. The molecule has 1 heteroatoms. The normalized spacial score (nSPS) is 22.8. The summed E-state index contributed by atoms with van der Waals surface area (Å²) in [6, 6.07) is 0.857. The number of rotatable bonds is 5. The molecule has 0 amide bonds. The summed E-state index contributed by atoms with van der Waals surface area (Å²) in [5, 5.41) is 3.54. The van der Waals surface area contributed by atoms with E-state index in [1.165, 1.54) is 51.4 Å². The summed E-state index contributed by atoms with van der Waals surface area (Å²) in [5.41, 5.74) is 1.57. The zero-order valence-corrected chi connectivity index (χ0v) is 9.67. The standard InChI is InChI=1S/C14H23N/c1-2-4-8-13(7-3-1)9-5-6-12-15-14-10-11-14/h5,7,9,14-15H,1-4,6,8,10-12H2/b9-5+. The van der Waals surface area contributed by atoms with Gasteiger partial charge in [-0.3, -0.25) is 0 Å². The molecule has 0 aromatic rings. The van der Waals surface area contributed by atoms with Gasteiger partial charge in [0.15, 0.2) is 0 Å². The second-order valence-electron chi connectivity index (χ2n) is 4.80. The zero-order valence-electron chi connectivity index (χ0n) is 9.67. The molecular formula is C14H23N. The fourth-order valence-corrected chi connectivity index (χ4v) is 2.08. The van der Waals surface area contributed by atoms with Crippen molar-refractivity contribution in [2.75, 3.05) is 6.54 Å². The van der Waals surface area contributed by atoms with Crippen molar-refractivity contribution in [3.05, 3.63) is 23.8 Å². The van der Waals surface area contributed by atoms with Gasteiger partial charge in [0.1, 0.15) is 0 Å². The van der Waals surface area contributed by atoms with Crippen molar-refractivity contribution in [3.63, 3.8) is 0 Å². The maximum absolute atomic E-state index is 3.54. The molecule has 2 rings (SSSR count). The number of hydrogen-bond acceptors (Lipinski definition) is 1. The second-order valence-corrected chi connectivity index (χ2v) is 4.80. The second kappa shape index (κ2) is 6.12. The average molecular weight is 205 g/mol. The van der Waals surface area contributed by atoms with E-state index in [2.05, 4.69) is 23.5 Å². The van der Waals surface area contributed by atoms with Gasteiger partial charge >= 0.3 is 0 Å². The average Bonchev–Trinajstić information content (AvgIpc) is 3.03. The van der Waals surface area contributed by atoms with Crippen LogP contribution in [0, 0.1) is 0 Å². The summed E-state index contributed by atoms with van der Waals surface area (Å²) < 4.78 is 0. The monoisotopic (exact) mass is 205 g/mol. The fourth-order valence-electron chi connectivity index (χ4n) is 2.08. The molecule has 15 heavy (non-hydrogen) atoms. The predicted octanol–water partition coefficient (Wildman–Crippen LogP) is 3.58. The van der Waals surface area contributed by atoms with Gasteiger partial charge in [-0.25, -0.2) is 0 Å². The van der Waals surface area contributed by atoms with Crippen molar-refractivity contribution >= 4 is 0 Å². The van der Waals surface area contributed by atoms with Crippen molar-refractivity contribution in [3.8, 4) is 0 Å². The lowest BCUT2D eigenvalue weighted by molar-refractivity contribution is 0.689. The summed E-state index contributed by atoms with van der Waals surface area (Å²) in [7, 11) is 0. The molecule has 2 aliphatic carbocycles. The minimum absolute atomic E-state index is 0.857. The van der Waals surface area contributed by atoms with Crippen LogP contribution in [-0.4, -0.2) is 12.6 Å². The van der Waals surface area contributed by atoms with Gasteiger partial charge in [0.05, 0.1) is 0 Å². The molecule has 0 aromatic heterocycles. The van der Waals surface area contributed by atoms with E-state index in [9.17, 15) is 0 Å². The Balaban J connectivity index is 1.60. The summed E-state index contributed by atoms with van der Waals surface area (Å²) in [6.07, 6.45) is 17.9. The predicted molar refractivity (Wildman–Crippen MR) is 65.9 cm³/mol. The molecule has 0 atom stereocenters. The van der Waals surface area contributed by atoms with Crippen LogP contribution in [0.3, 0.4) is 0 Å². The summed E-state index contributed by atoms with van der Waals surface area (Å²) in [6.45, 7) is 1.16. The van der Waals surface area contributed by atoms with E-state index >= 15 is 0 Å². The molecule has 0 saturated heterocycles. The molecule has 0 aromatic carbocycles. The molecule has 0 radical (unpaired) electrons. The Morgan fingerprint density at radius 2 is 2.20 bits per heavy atom. The molecule has 1 nitrogen and oxygen atoms in total. The van der Waals surface area contributed by atoms with Crippen molar-refractivity contribution in [2.24, 2.45) is 0 Å². The van der Waals surface area contributed by atoms with Crippen LogP contribution in [0.2, 0.25) is 0 Å². The maximum Gasteiger partial charge on any atom is 0.00683 e. The highest BCUT2D eigenvalue weighted by Crippen LogP contribution is 2.19. The molecule has 0 spiro atoms. The quantitative estimate of drug-likeness (QED) is 0.676. The Hall–Kier alpha value is -0.560. The number of hydrogen-bond donors (Lipinski definition) is 1. The first kappa shape index (κ1) is 10.9. The van der Waals surface area contributed by atoms with Crippen LogP contribution in [0.25, 0.3) is 0 Å². The van der Waals surface area contributed by atoms with Crippen LogP contribution in [0.4, 0.5) is 0 Å². The molecule has 1 N–H and O–H groups in total. The summed E-state index contributed by atoms with van der Waals surface area (Å²) in [5.74, 6) is 0. The van der Waals surface area contributed by atoms with Crippen LogP contribution in [0.1, 0.15) is 51.4 Å². The minimum Gasteiger partial charge on any atom is -0.314 e. The molecule has 1 saturated carbocycles. The highest BCUT2D eigenvalue weighted by molar-refractivity contribution is 5.19. The van der Waals surface area contributed by atoms with Crippen LogP contribution >= 0.6 is 0 Å². The van der Waals surface area contributed by atoms with Gasteiger partial charge in [-0.05, 0) is 51.5 Å². The van der Waals surface area contributed by atoms with Gasteiger partial charge in [-0.2, -0.15) is 0 Å². The number of allylic oxidation sites excluding steroid dienone is 3. The van der Waals surface area contributed by atoms with Crippen LogP contribution in [0.5, 0.6) is 0 Å². The summed E-state index contributed by atoms with van der Waals surface area (Å²) >= 11 is 0. The molecule has 1 fully saturated rings. The van der Waals surface area contributed by atoms with Crippen molar-refractivity contribution in [1.82, 2.24) is 5.32 Å². The fraction of sp³-hybridized carbons (Fsp3) is 0.714. The van der Waals surface area contributed by atoms with Gasteiger partial charge in [0.25, 0.3) is 0 Å². The Labute approximate surface area is 93.6 Å². The van der Waals surface area contributed by atoms with Gasteiger partial charge in [0.2, 0.25) is 0 Å². The molecule has 0 heterocycles. The van der Waals surface area contributed by atoms with Crippen LogP contribution in [0.15, 0.2) is 23.8 Å². The Bertz CT molecular complexity index is 236. The van der Waals surface area contributed by atoms with E-state index in [0.29, 0.717) is 0 Å². The Morgan fingerprint density at radius 1 is 1.27 bits per heavy atom. The minimum atomic E-state index is 0.857. The SMILES string of the molecule is C1=C(/C=C/CCNC2CC2)CCCCC1. The zero-order chi connectivity index (χ0) is 10.3. The smallest absolute Gasteiger partial charge is 0.00683 e. The molecule has 0 unspecified atom stereocenters. The third kappa shape index (κ3) is 4.65. The van der Waals surface area contributed by atoms with Gasteiger partial charge in [0, 0.05) is 6.04 Å². The van der Waals surface area contributed by atoms with Crippen LogP contribution < -0.4 is 5.32 Å². The van der Waals surface area contributed by atoms with E-state index in [-0.39, 0.29) is 0 Å². The van der Waals surface area contributed by atoms with E-state index in [4.69, 9.17) is 0 Å². The molecule has 2 aliphatic rings. The lowest BCUT2D eigenvalue weighted by Crippen LogP contribution is -2.16. The molecule has 0 aliphatic heterocycles. The Morgan fingerprint density at radius 3 is 3.07 bits per heavy atom. The highest BCUT2D eigenvalue weighted by atomic mass is 14.9. The largest absolute Gasteiger partial charge is 0.314 e. The lowest BCUT2D eigenvalue weighted by atomic mass is 10.1. The maximum atomic E-state index is 3.54. The lowest BCUT2D eigenvalue weighted by Gasteiger charge is -1.99. The van der Waals surface area contributed by atoms with Crippen molar-refractivity contribution < 1.29 is 0 Å². The third-order valence-electron chi connectivity index (χ3n) is 3.23. The van der Waals surface area contributed by atoms with Gasteiger partial charge < -0.3 is 5.32 Å². The number of nitrogens with one attached hydrogen (secondary N) is 1. The highest BCUT2D eigenvalue weighted by Gasteiger charge is 2.19. The molecular weight excluding hydrogens is 182 g/mol.